The van der Waals surface area contributed by atoms with E-state index in [4.69, 9.17) is 0 Å². The molecule has 0 aliphatic rings. The average molecular weight is 285 g/mol. The molecule has 3 aromatic rings. The fourth-order valence-corrected chi connectivity index (χ4v) is 2.80. The Hall–Kier alpha value is -2.96. The molecule has 0 spiro atoms. The molecule has 2 heteroatoms. The van der Waals surface area contributed by atoms with Gasteiger partial charge in [-0.15, -0.1) is 0 Å². The molecule has 0 amide bonds. The zero-order chi connectivity index (χ0) is 15.3. The summed E-state index contributed by atoms with van der Waals surface area (Å²) in [7, 11) is 0. The second-order valence-electron chi connectivity index (χ2n) is 5.01. The van der Waals surface area contributed by atoms with E-state index in [0.29, 0.717) is 0 Å². The van der Waals surface area contributed by atoms with Crippen LogP contribution in [-0.4, -0.2) is 6.08 Å². The van der Waals surface area contributed by atoms with E-state index in [1.165, 1.54) is 0 Å². The quantitative estimate of drug-likeness (QED) is 0.399. The van der Waals surface area contributed by atoms with Crippen LogP contribution in [-0.2, 0) is 10.3 Å². The van der Waals surface area contributed by atoms with Crippen LogP contribution in [0, 0.1) is 0 Å². The summed E-state index contributed by atoms with van der Waals surface area (Å²) in [4.78, 5) is 15.5. The molecule has 22 heavy (non-hydrogen) atoms. The standard InChI is InChI=1S/C20H15NO/c22-16-21-20(17-10-4-1-5-11-17,18-12-6-2-7-13-18)19-14-8-3-9-15-19/h1-15H. The van der Waals surface area contributed by atoms with E-state index >= 15 is 0 Å². The van der Waals surface area contributed by atoms with Gasteiger partial charge < -0.3 is 0 Å². The van der Waals surface area contributed by atoms with Crippen LogP contribution >= 0.6 is 0 Å². The number of carbonyl (C=O) groups excluding carboxylic acids is 1. The van der Waals surface area contributed by atoms with Gasteiger partial charge in [0, 0.05) is 0 Å². The minimum Gasteiger partial charge on any atom is -0.211 e. The Balaban J connectivity index is 2.37. The van der Waals surface area contributed by atoms with Crippen LogP contribution in [0.4, 0.5) is 0 Å². The van der Waals surface area contributed by atoms with Crippen LogP contribution in [0.2, 0.25) is 0 Å². The lowest BCUT2D eigenvalue weighted by Gasteiger charge is -2.30. The lowest BCUT2D eigenvalue weighted by molar-refractivity contribution is 0.550. The third-order valence-corrected chi connectivity index (χ3v) is 3.79. The van der Waals surface area contributed by atoms with Crippen molar-refractivity contribution in [2.24, 2.45) is 4.99 Å². The molecule has 3 rings (SSSR count). The van der Waals surface area contributed by atoms with Gasteiger partial charge in [-0.2, -0.15) is 4.99 Å². The number of hydrogen-bond donors (Lipinski definition) is 0. The first kappa shape index (κ1) is 14.0. The molecule has 0 saturated heterocycles. The average Bonchev–Trinajstić information content (AvgIpc) is 2.62. The van der Waals surface area contributed by atoms with Gasteiger partial charge in [-0.05, 0) is 16.7 Å². The van der Waals surface area contributed by atoms with Crippen molar-refractivity contribution in [3.8, 4) is 0 Å². The molecule has 0 bridgehead atoms. The SMILES string of the molecule is O=C=NC(c1ccccc1)(c1ccccc1)c1ccccc1. The van der Waals surface area contributed by atoms with Crippen molar-refractivity contribution in [3.05, 3.63) is 108 Å². The van der Waals surface area contributed by atoms with Crippen LogP contribution in [0.3, 0.4) is 0 Å². The number of rotatable bonds is 4. The Kier molecular flexibility index (Phi) is 3.95. The zero-order valence-corrected chi connectivity index (χ0v) is 12.0. The van der Waals surface area contributed by atoms with Crippen molar-refractivity contribution < 1.29 is 4.79 Å². The van der Waals surface area contributed by atoms with Gasteiger partial charge in [-0.25, -0.2) is 4.79 Å². The topological polar surface area (TPSA) is 29.4 Å². The van der Waals surface area contributed by atoms with Gasteiger partial charge in [-0.1, -0.05) is 91.0 Å². The summed E-state index contributed by atoms with van der Waals surface area (Å²) in [5.74, 6) is 0. The zero-order valence-electron chi connectivity index (χ0n) is 12.0. The monoisotopic (exact) mass is 285 g/mol. The minimum atomic E-state index is -0.870. The molecular weight excluding hydrogens is 270 g/mol. The third-order valence-electron chi connectivity index (χ3n) is 3.79. The normalized spacial score (nSPS) is 10.7. The summed E-state index contributed by atoms with van der Waals surface area (Å²) >= 11 is 0. The van der Waals surface area contributed by atoms with Gasteiger partial charge in [0.1, 0.15) is 5.54 Å². The molecule has 0 heterocycles. The van der Waals surface area contributed by atoms with Crippen molar-refractivity contribution in [3.63, 3.8) is 0 Å². The van der Waals surface area contributed by atoms with Gasteiger partial charge in [0.15, 0.2) is 0 Å². The predicted molar refractivity (Wildman–Crippen MR) is 87.3 cm³/mol. The second-order valence-corrected chi connectivity index (χ2v) is 5.01. The largest absolute Gasteiger partial charge is 0.236 e. The van der Waals surface area contributed by atoms with Crippen LogP contribution < -0.4 is 0 Å². The highest BCUT2D eigenvalue weighted by molar-refractivity contribution is 5.53. The lowest BCUT2D eigenvalue weighted by Crippen LogP contribution is -2.26. The molecule has 0 fully saturated rings. The smallest absolute Gasteiger partial charge is 0.211 e. The molecule has 106 valence electrons. The van der Waals surface area contributed by atoms with E-state index in [2.05, 4.69) is 4.99 Å². The Labute approximate surface area is 129 Å². The van der Waals surface area contributed by atoms with E-state index in [-0.39, 0.29) is 0 Å². The summed E-state index contributed by atoms with van der Waals surface area (Å²) in [6.07, 6.45) is 1.78. The molecule has 0 saturated carbocycles. The molecule has 3 aromatic carbocycles. The third kappa shape index (κ3) is 2.37. The lowest BCUT2D eigenvalue weighted by atomic mass is 9.78. The molecule has 2 nitrogen and oxygen atoms in total. The number of nitrogens with zero attached hydrogens (tertiary/aromatic N) is 1. The van der Waals surface area contributed by atoms with Crippen LogP contribution in [0.15, 0.2) is 96.0 Å². The van der Waals surface area contributed by atoms with Crippen molar-refractivity contribution in [2.75, 3.05) is 0 Å². The van der Waals surface area contributed by atoms with Crippen LogP contribution in [0.1, 0.15) is 16.7 Å². The molecular formula is C20H15NO. The fourth-order valence-electron chi connectivity index (χ4n) is 2.80. The maximum Gasteiger partial charge on any atom is 0.236 e. The Bertz CT molecular complexity index is 679. The highest BCUT2D eigenvalue weighted by atomic mass is 16.1. The Morgan fingerprint density at radius 2 is 0.909 bits per heavy atom. The van der Waals surface area contributed by atoms with Gasteiger partial charge in [0.25, 0.3) is 0 Å². The summed E-state index contributed by atoms with van der Waals surface area (Å²) in [5, 5.41) is 0. The number of aliphatic imine (C=N–C) groups is 1. The highest BCUT2D eigenvalue weighted by Crippen LogP contribution is 2.39. The first-order valence-electron chi connectivity index (χ1n) is 7.13. The first-order valence-corrected chi connectivity index (χ1v) is 7.13. The van der Waals surface area contributed by atoms with Gasteiger partial charge in [0.05, 0.1) is 0 Å². The highest BCUT2D eigenvalue weighted by Gasteiger charge is 2.36. The summed E-state index contributed by atoms with van der Waals surface area (Å²) in [5.41, 5.74) is 1.95. The van der Waals surface area contributed by atoms with Crippen molar-refractivity contribution in [2.45, 2.75) is 5.54 Å². The molecule has 0 aliphatic carbocycles. The van der Waals surface area contributed by atoms with Crippen molar-refractivity contribution >= 4 is 6.08 Å². The fraction of sp³-hybridized carbons (Fsp3) is 0.0500. The van der Waals surface area contributed by atoms with E-state index in [1.807, 2.05) is 91.0 Å². The molecule has 0 N–H and O–H groups in total. The molecule has 0 unspecified atom stereocenters. The summed E-state index contributed by atoms with van der Waals surface area (Å²) in [6.45, 7) is 0. The first-order chi connectivity index (χ1) is 10.9. The maximum atomic E-state index is 11.2. The van der Waals surface area contributed by atoms with Crippen molar-refractivity contribution in [1.29, 1.82) is 0 Å². The molecule has 0 aromatic heterocycles. The van der Waals surface area contributed by atoms with Crippen molar-refractivity contribution in [1.82, 2.24) is 0 Å². The second kappa shape index (κ2) is 6.21. The molecule has 0 atom stereocenters. The Morgan fingerprint density at radius 3 is 1.18 bits per heavy atom. The maximum absolute atomic E-state index is 11.2. The van der Waals surface area contributed by atoms with Crippen LogP contribution in [0.5, 0.6) is 0 Å². The van der Waals surface area contributed by atoms with Gasteiger partial charge >= 0.3 is 0 Å². The molecule has 0 radical (unpaired) electrons. The minimum absolute atomic E-state index is 0.870. The summed E-state index contributed by atoms with van der Waals surface area (Å²) in [6, 6.07) is 29.5. The summed E-state index contributed by atoms with van der Waals surface area (Å²) < 4.78 is 0. The van der Waals surface area contributed by atoms with Gasteiger partial charge in [-0.3, -0.25) is 0 Å². The predicted octanol–water partition coefficient (Wildman–Crippen LogP) is 4.31. The number of isocyanates is 1. The van der Waals surface area contributed by atoms with E-state index in [0.717, 1.165) is 16.7 Å². The van der Waals surface area contributed by atoms with E-state index < -0.39 is 5.54 Å². The van der Waals surface area contributed by atoms with Crippen LogP contribution in [0.25, 0.3) is 0 Å². The number of benzene rings is 3. The van der Waals surface area contributed by atoms with E-state index in [9.17, 15) is 4.79 Å². The Morgan fingerprint density at radius 1 is 0.591 bits per heavy atom. The van der Waals surface area contributed by atoms with Gasteiger partial charge in [0.2, 0.25) is 6.08 Å². The number of hydrogen-bond acceptors (Lipinski definition) is 2. The molecule has 0 aliphatic heterocycles. The van der Waals surface area contributed by atoms with E-state index in [1.54, 1.807) is 6.08 Å².